The highest BCUT2D eigenvalue weighted by Gasteiger charge is 2.10. The van der Waals surface area contributed by atoms with Crippen molar-refractivity contribution < 1.29 is 14.3 Å². The van der Waals surface area contributed by atoms with E-state index in [-0.39, 0.29) is 5.91 Å². The van der Waals surface area contributed by atoms with Gasteiger partial charge in [-0.2, -0.15) is 0 Å². The number of H-pyrrole nitrogens is 1. The van der Waals surface area contributed by atoms with Crippen molar-refractivity contribution in [3.05, 3.63) is 59.4 Å². The predicted octanol–water partition coefficient (Wildman–Crippen LogP) is 3.16. The van der Waals surface area contributed by atoms with Gasteiger partial charge in [0.1, 0.15) is 5.82 Å². The number of hydrogen-bond donors (Lipinski definition) is 2. The van der Waals surface area contributed by atoms with E-state index in [2.05, 4.69) is 20.0 Å². The van der Waals surface area contributed by atoms with E-state index in [1.807, 2.05) is 13.0 Å². The molecule has 6 nitrogen and oxygen atoms in total. The Labute approximate surface area is 138 Å². The number of fused-ring (bicyclic) bond motifs is 1. The SMILES string of the molecule is CCc1nc2ccc(C(=O)Nc3ccc(C(=O)OC)cc3)cc2[nH]1. The molecule has 0 radical (unpaired) electrons. The summed E-state index contributed by atoms with van der Waals surface area (Å²) in [6.07, 6.45) is 0.808. The number of rotatable bonds is 4. The Bertz CT molecular complexity index is 898. The first kappa shape index (κ1) is 15.7. The maximum absolute atomic E-state index is 12.4. The van der Waals surface area contributed by atoms with E-state index in [0.717, 1.165) is 23.3 Å². The number of esters is 1. The molecule has 24 heavy (non-hydrogen) atoms. The van der Waals surface area contributed by atoms with Gasteiger partial charge in [-0.05, 0) is 42.5 Å². The number of hydrogen-bond acceptors (Lipinski definition) is 4. The lowest BCUT2D eigenvalue weighted by Crippen LogP contribution is -2.12. The number of ether oxygens (including phenoxy) is 1. The number of anilines is 1. The minimum atomic E-state index is -0.413. The Morgan fingerprint density at radius 3 is 2.50 bits per heavy atom. The van der Waals surface area contributed by atoms with Crippen molar-refractivity contribution in [2.75, 3.05) is 12.4 Å². The van der Waals surface area contributed by atoms with Crippen molar-refractivity contribution >= 4 is 28.6 Å². The molecule has 1 amide bonds. The predicted molar refractivity (Wildman–Crippen MR) is 91.2 cm³/mol. The van der Waals surface area contributed by atoms with E-state index in [1.165, 1.54) is 7.11 Å². The zero-order chi connectivity index (χ0) is 17.1. The molecule has 1 aromatic heterocycles. The second-order valence-electron chi connectivity index (χ2n) is 5.29. The van der Waals surface area contributed by atoms with Crippen LogP contribution in [0.2, 0.25) is 0 Å². The highest BCUT2D eigenvalue weighted by molar-refractivity contribution is 6.06. The highest BCUT2D eigenvalue weighted by atomic mass is 16.5. The number of carbonyl (C=O) groups excluding carboxylic acids is 2. The number of imidazole rings is 1. The Kier molecular flexibility index (Phi) is 4.29. The van der Waals surface area contributed by atoms with E-state index in [9.17, 15) is 9.59 Å². The molecule has 0 saturated carbocycles. The Morgan fingerprint density at radius 2 is 1.83 bits per heavy atom. The average Bonchev–Trinajstić information content (AvgIpc) is 3.04. The monoisotopic (exact) mass is 323 g/mol. The molecule has 6 heteroatoms. The minimum Gasteiger partial charge on any atom is -0.465 e. The second-order valence-corrected chi connectivity index (χ2v) is 5.29. The van der Waals surface area contributed by atoms with Crippen LogP contribution in [-0.2, 0) is 11.2 Å². The zero-order valence-electron chi connectivity index (χ0n) is 13.4. The Morgan fingerprint density at radius 1 is 1.12 bits per heavy atom. The molecule has 0 fully saturated rings. The van der Waals surface area contributed by atoms with E-state index in [0.29, 0.717) is 16.8 Å². The summed E-state index contributed by atoms with van der Waals surface area (Å²) in [4.78, 5) is 31.4. The third-order valence-corrected chi connectivity index (χ3v) is 3.69. The van der Waals surface area contributed by atoms with E-state index in [4.69, 9.17) is 0 Å². The first-order valence-corrected chi connectivity index (χ1v) is 7.59. The third-order valence-electron chi connectivity index (χ3n) is 3.69. The number of methoxy groups -OCH3 is 1. The molecular formula is C18H17N3O3. The number of amides is 1. The van der Waals surface area contributed by atoms with Crippen molar-refractivity contribution in [3.63, 3.8) is 0 Å². The number of benzene rings is 2. The molecular weight excluding hydrogens is 306 g/mol. The van der Waals surface area contributed by atoms with Crippen LogP contribution in [0, 0.1) is 0 Å². The third kappa shape index (κ3) is 3.12. The Hall–Kier alpha value is -3.15. The summed E-state index contributed by atoms with van der Waals surface area (Å²) >= 11 is 0. The molecule has 3 aromatic rings. The lowest BCUT2D eigenvalue weighted by Gasteiger charge is -2.06. The summed E-state index contributed by atoms with van der Waals surface area (Å²) in [5.41, 5.74) is 3.24. The number of aromatic nitrogens is 2. The maximum atomic E-state index is 12.4. The topological polar surface area (TPSA) is 84.1 Å². The van der Waals surface area contributed by atoms with E-state index >= 15 is 0 Å². The molecule has 0 unspecified atom stereocenters. The van der Waals surface area contributed by atoms with Crippen LogP contribution in [0.25, 0.3) is 11.0 Å². The normalized spacial score (nSPS) is 10.6. The van der Waals surface area contributed by atoms with E-state index < -0.39 is 5.97 Å². The summed E-state index contributed by atoms with van der Waals surface area (Å²) in [5, 5.41) is 2.80. The molecule has 3 rings (SSSR count). The standard InChI is InChI=1S/C18H17N3O3/c1-3-16-20-14-9-6-12(10-15(14)21-16)17(22)19-13-7-4-11(5-8-13)18(23)24-2/h4-10H,3H2,1-2H3,(H,19,22)(H,20,21). The van der Waals surface area contributed by atoms with Gasteiger partial charge in [-0.1, -0.05) is 6.92 Å². The van der Waals surface area contributed by atoms with Crippen LogP contribution in [0.15, 0.2) is 42.5 Å². The van der Waals surface area contributed by atoms with Gasteiger partial charge in [0.05, 0.1) is 23.7 Å². The van der Waals surface area contributed by atoms with Gasteiger partial charge < -0.3 is 15.0 Å². The van der Waals surface area contributed by atoms with Gasteiger partial charge in [0.25, 0.3) is 5.91 Å². The van der Waals surface area contributed by atoms with Gasteiger partial charge in [0, 0.05) is 17.7 Å². The number of carbonyl (C=O) groups is 2. The van der Waals surface area contributed by atoms with E-state index in [1.54, 1.807) is 36.4 Å². The average molecular weight is 323 g/mol. The summed E-state index contributed by atoms with van der Waals surface area (Å²) in [6.45, 7) is 2.02. The smallest absolute Gasteiger partial charge is 0.337 e. The van der Waals surface area contributed by atoms with Crippen molar-refractivity contribution in [2.45, 2.75) is 13.3 Å². The van der Waals surface area contributed by atoms with Crippen LogP contribution < -0.4 is 5.32 Å². The lowest BCUT2D eigenvalue weighted by molar-refractivity contribution is 0.0600. The van der Waals surface area contributed by atoms with Gasteiger partial charge in [-0.3, -0.25) is 4.79 Å². The summed E-state index contributed by atoms with van der Waals surface area (Å²) < 4.78 is 4.64. The second kappa shape index (κ2) is 6.54. The summed E-state index contributed by atoms with van der Waals surface area (Å²) in [5.74, 6) is 0.251. The quantitative estimate of drug-likeness (QED) is 0.722. The zero-order valence-corrected chi connectivity index (χ0v) is 13.4. The van der Waals surface area contributed by atoms with Gasteiger partial charge in [-0.15, -0.1) is 0 Å². The van der Waals surface area contributed by atoms with Gasteiger partial charge in [0.2, 0.25) is 0 Å². The number of aromatic amines is 1. The molecule has 2 N–H and O–H groups in total. The fourth-order valence-electron chi connectivity index (χ4n) is 2.38. The molecule has 0 aliphatic rings. The van der Waals surface area contributed by atoms with Gasteiger partial charge in [0.15, 0.2) is 0 Å². The molecule has 0 aliphatic heterocycles. The molecule has 0 aliphatic carbocycles. The fraction of sp³-hybridized carbons (Fsp3) is 0.167. The summed E-state index contributed by atoms with van der Waals surface area (Å²) in [6, 6.07) is 11.9. The van der Waals surface area contributed by atoms with Crippen LogP contribution in [0.4, 0.5) is 5.69 Å². The van der Waals surface area contributed by atoms with Crippen molar-refractivity contribution in [1.29, 1.82) is 0 Å². The largest absolute Gasteiger partial charge is 0.465 e. The molecule has 0 saturated heterocycles. The molecule has 0 spiro atoms. The van der Waals surface area contributed by atoms with Gasteiger partial charge in [-0.25, -0.2) is 9.78 Å². The minimum absolute atomic E-state index is 0.227. The van der Waals surface area contributed by atoms with Crippen LogP contribution in [-0.4, -0.2) is 29.0 Å². The van der Waals surface area contributed by atoms with Crippen molar-refractivity contribution in [3.8, 4) is 0 Å². The number of aryl methyl sites for hydroxylation is 1. The van der Waals surface area contributed by atoms with Crippen LogP contribution >= 0.6 is 0 Å². The summed E-state index contributed by atoms with van der Waals surface area (Å²) in [7, 11) is 1.33. The van der Waals surface area contributed by atoms with Gasteiger partial charge >= 0.3 is 5.97 Å². The van der Waals surface area contributed by atoms with Crippen LogP contribution in [0.3, 0.4) is 0 Å². The first-order valence-electron chi connectivity index (χ1n) is 7.59. The first-order chi connectivity index (χ1) is 11.6. The number of nitrogens with one attached hydrogen (secondary N) is 2. The lowest BCUT2D eigenvalue weighted by atomic mass is 10.1. The maximum Gasteiger partial charge on any atom is 0.337 e. The van der Waals surface area contributed by atoms with Crippen LogP contribution in [0.5, 0.6) is 0 Å². The number of nitrogens with zero attached hydrogens (tertiary/aromatic N) is 1. The molecule has 1 heterocycles. The molecule has 0 atom stereocenters. The Balaban J connectivity index is 1.78. The van der Waals surface area contributed by atoms with Crippen molar-refractivity contribution in [2.24, 2.45) is 0 Å². The molecule has 122 valence electrons. The molecule has 0 bridgehead atoms. The fourth-order valence-corrected chi connectivity index (χ4v) is 2.38. The van der Waals surface area contributed by atoms with Crippen molar-refractivity contribution in [1.82, 2.24) is 9.97 Å². The molecule has 2 aromatic carbocycles. The highest BCUT2D eigenvalue weighted by Crippen LogP contribution is 2.16. The van der Waals surface area contributed by atoms with Crippen LogP contribution in [0.1, 0.15) is 33.5 Å².